The van der Waals surface area contributed by atoms with E-state index in [9.17, 15) is 0 Å². The van der Waals surface area contributed by atoms with Gasteiger partial charge in [-0.15, -0.1) is 0 Å². The van der Waals surface area contributed by atoms with Crippen molar-refractivity contribution in [2.24, 2.45) is 5.92 Å². The van der Waals surface area contributed by atoms with E-state index >= 15 is 0 Å². The van der Waals surface area contributed by atoms with E-state index in [0.29, 0.717) is 0 Å². The maximum Gasteiger partial charge on any atom is -0.0224 e. The Morgan fingerprint density at radius 1 is 1.64 bits per heavy atom. The third-order valence-electron chi connectivity index (χ3n) is 2.20. The Hall–Kier alpha value is -0.780. The van der Waals surface area contributed by atoms with E-state index in [-0.39, 0.29) is 0 Å². The zero-order chi connectivity index (χ0) is 8.27. The summed E-state index contributed by atoms with van der Waals surface area (Å²) < 4.78 is 0. The fourth-order valence-electron chi connectivity index (χ4n) is 1.19. The van der Waals surface area contributed by atoms with E-state index in [1.807, 2.05) is 0 Å². The zero-order valence-electron chi connectivity index (χ0n) is 7.59. The molecule has 0 saturated carbocycles. The lowest BCUT2D eigenvalue weighted by Crippen LogP contribution is -1.94. The molecule has 0 saturated heterocycles. The summed E-state index contributed by atoms with van der Waals surface area (Å²) in [7, 11) is 0. The fraction of sp³-hybridized carbons (Fsp3) is 0.455. The first-order valence-corrected chi connectivity index (χ1v) is 4.25. The molecular formula is C11H16. The lowest BCUT2D eigenvalue weighted by molar-refractivity contribution is 0.732. The molecule has 0 N–H and O–H groups in total. The summed E-state index contributed by atoms with van der Waals surface area (Å²) in [6, 6.07) is 0. The van der Waals surface area contributed by atoms with Crippen molar-refractivity contribution >= 4 is 0 Å². The van der Waals surface area contributed by atoms with E-state index in [1.165, 1.54) is 17.6 Å². The molecule has 0 aromatic rings. The Morgan fingerprint density at radius 2 is 2.36 bits per heavy atom. The van der Waals surface area contributed by atoms with Crippen LogP contribution >= 0.6 is 0 Å². The minimum Gasteiger partial charge on any atom is -0.0841 e. The second kappa shape index (κ2) is 3.56. The van der Waals surface area contributed by atoms with Gasteiger partial charge in [-0.3, -0.25) is 0 Å². The summed E-state index contributed by atoms with van der Waals surface area (Å²) in [5.41, 5.74) is 2.78. The molecule has 1 unspecified atom stereocenters. The van der Waals surface area contributed by atoms with Crippen LogP contribution in [-0.2, 0) is 0 Å². The molecule has 0 fully saturated rings. The molecule has 0 spiro atoms. The van der Waals surface area contributed by atoms with Gasteiger partial charge in [0, 0.05) is 0 Å². The maximum atomic E-state index is 2.32. The average Bonchev–Trinajstić information content (AvgIpc) is 2.05. The molecule has 0 nitrogen and oxygen atoms in total. The van der Waals surface area contributed by atoms with E-state index < -0.39 is 0 Å². The van der Waals surface area contributed by atoms with Gasteiger partial charge in [0.15, 0.2) is 0 Å². The van der Waals surface area contributed by atoms with Gasteiger partial charge in [-0.05, 0) is 37.3 Å². The quantitative estimate of drug-likeness (QED) is 0.534. The third kappa shape index (κ3) is 2.07. The van der Waals surface area contributed by atoms with Crippen molar-refractivity contribution < 1.29 is 0 Å². The van der Waals surface area contributed by atoms with Crippen molar-refractivity contribution in [3.8, 4) is 0 Å². The van der Waals surface area contributed by atoms with Crippen LogP contribution in [0, 0.1) is 5.92 Å². The van der Waals surface area contributed by atoms with Crippen molar-refractivity contribution in [1.29, 1.82) is 0 Å². The minimum absolute atomic E-state index is 0.725. The van der Waals surface area contributed by atoms with Crippen molar-refractivity contribution in [3.63, 3.8) is 0 Å². The molecule has 0 aromatic heterocycles. The summed E-state index contributed by atoms with van der Waals surface area (Å²) in [4.78, 5) is 0. The van der Waals surface area contributed by atoms with Gasteiger partial charge in [-0.25, -0.2) is 0 Å². The normalized spacial score (nSPS) is 25.2. The highest BCUT2D eigenvalue weighted by molar-refractivity contribution is 5.39. The molecule has 0 aromatic carbocycles. The number of allylic oxidation sites excluding steroid dienone is 6. The van der Waals surface area contributed by atoms with Gasteiger partial charge in [-0.1, -0.05) is 31.2 Å². The monoisotopic (exact) mass is 148 g/mol. The molecule has 0 amide bonds. The van der Waals surface area contributed by atoms with Gasteiger partial charge in [0.2, 0.25) is 0 Å². The minimum atomic E-state index is 0.725. The summed E-state index contributed by atoms with van der Waals surface area (Å²) in [5, 5.41) is 0. The van der Waals surface area contributed by atoms with Gasteiger partial charge in [0.25, 0.3) is 0 Å². The van der Waals surface area contributed by atoms with E-state index in [4.69, 9.17) is 0 Å². The first kappa shape index (κ1) is 8.32. The van der Waals surface area contributed by atoms with Crippen molar-refractivity contribution in [2.45, 2.75) is 27.2 Å². The largest absolute Gasteiger partial charge is 0.0841 e. The molecule has 60 valence electrons. The SMILES string of the molecule is CC=C(C)C1=CCC(C)C=C1. The topological polar surface area (TPSA) is 0 Å². The third-order valence-corrected chi connectivity index (χ3v) is 2.20. The fourth-order valence-corrected chi connectivity index (χ4v) is 1.19. The van der Waals surface area contributed by atoms with E-state index in [1.54, 1.807) is 0 Å². The Bertz CT molecular complexity index is 216. The summed E-state index contributed by atoms with van der Waals surface area (Å²) in [6.45, 7) is 6.49. The van der Waals surface area contributed by atoms with Crippen molar-refractivity contribution in [2.75, 3.05) is 0 Å². The molecule has 1 rings (SSSR count). The number of hydrogen-bond donors (Lipinski definition) is 0. The van der Waals surface area contributed by atoms with Crippen LogP contribution in [0.15, 0.2) is 35.5 Å². The molecule has 0 aliphatic heterocycles. The van der Waals surface area contributed by atoms with Crippen LogP contribution in [-0.4, -0.2) is 0 Å². The predicted octanol–water partition coefficient (Wildman–Crippen LogP) is 3.48. The highest BCUT2D eigenvalue weighted by Gasteiger charge is 2.03. The molecule has 1 aliphatic rings. The average molecular weight is 148 g/mol. The van der Waals surface area contributed by atoms with Gasteiger partial charge in [0.05, 0.1) is 0 Å². The van der Waals surface area contributed by atoms with Crippen LogP contribution in [0.4, 0.5) is 0 Å². The van der Waals surface area contributed by atoms with Crippen LogP contribution in [0.25, 0.3) is 0 Å². The lowest BCUT2D eigenvalue weighted by atomic mass is 9.95. The van der Waals surface area contributed by atoms with Crippen molar-refractivity contribution in [1.82, 2.24) is 0 Å². The molecule has 11 heavy (non-hydrogen) atoms. The molecule has 0 bridgehead atoms. The number of rotatable bonds is 1. The highest BCUT2D eigenvalue weighted by atomic mass is 14.1. The van der Waals surface area contributed by atoms with Crippen LogP contribution in [0.2, 0.25) is 0 Å². The molecule has 1 atom stereocenters. The standard InChI is InChI=1S/C11H16/c1-4-10(3)11-7-5-9(2)6-8-11/h4-5,7-9H,6H2,1-3H3. The Kier molecular flexibility index (Phi) is 2.70. The van der Waals surface area contributed by atoms with Crippen molar-refractivity contribution in [3.05, 3.63) is 35.5 Å². The summed E-state index contributed by atoms with van der Waals surface area (Å²) >= 11 is 0. The summed E-state index contributed by atoms with van der Waals surface area (Å²) in [5.74, 6) is 0.725. The first-order chi connectivity index (χ1) is 5.24. The lowest BCUT2D eigenvalue weighted by Gasteiger charge is -2.11. The van der Waals surface area contributed by atoms with E-state index in [2.05, 4.69) is 45.1 Å². The van der Waals surface area contributed by atoms with E-state index in [0.717, 1.165) is 5.92 Å². The Labute approximate surface area is 69.3 Å². The summed E-state index contributed by atoms with van der Waals surface area (Å²) in [6.07, 6.45) is 10.2. The zero-order valence-corrected chi connectivity index (χ0v) is 7.59. The Balaban J connectivity index is 2.71. The van der Waals surface area contributed by atoms with Gasteiger partial charge >= 0.3 is 0 Å². The number of hydrogen-bond acceptors (Lipinski definition) is 0. The van der Waals surface area contributed by atoms with Crippen LogP contribution in [0.3, 0.4) is 0 Å². The molecular weight excluding hydrogens is 132 g/mol. The van der Waals surface area contributed by atoms with Gasteiger partial charge < -0.3 is 0 Å². The van der Waals surface area contributed by atoms with Crippen LogP contribution in [0.1, 0.15) is 27.2 Å². The first-order valence-electron chi connectivity index (χ1n) is 4.25. The molecule has 0 radical (unpaired) electrons. The highest BCUT2D eigenvalue weighted by Crippen LogP contribution is 2.20. The molecule has 0 heteroatoms. The van der Waals surface area contributed by atoms with Gasteiger partial charge in [0.1, 0.15) is 0 Å². The smallest absolute Gasteiger partial charge is 0.0224 e. The van der Waals surface area contributed by atoms with Crippen LogP contribution in [0.5, 0.6) is 0 Å². The molecule has 0 heterocycles. The maximum absolute atomic E-state index is 2.32. The Morgan fingerprint density at radius 3 is 2.82 bits per heavy atom. The van der Waals surface area contributed by atoms with Crippen LogP contribution < -0.4 is 0 Å². The molecule has 1 aliphatic carbocycles. The van der Waals surface area contributed by atoms with Gasteiger partial charge in [-0.2, -0.15) is 0 Å². The second-order valence-corrected chi connectivity index (χ2v) is 3.20. The predicted molar refractivity (Wildman–Crippen MR) is 50.4 cm³/mol. The second-order valence-electron chi connectivity index (χ2n) is 3.20.